The molecule has 5 N–H and O–H groups in total. The standard InChI is InChI=1S/C13H22N4O5/c1-4-11(19)17(6-5-10(14)18)16-12(20)9(7-8(2)3)15-13(21)22/h4,8-9,15H,1,5-7H2,2-3H3,(H2,14,18)(H,16,20)(H,21,22). The summed E-state index contributed by atoms with van der Waals surface area (Å²) in [5.41, 5.74) is 7.27. The minimum atomic E-state index is -1.35. The van der Waals surface area contributed by atoms with Gasteiger partial charge in [0.1, 0.15) is 6.04 Å². The third-order valence-electron chi connectivity index (χ3n) is 2.59. The van der Waals surface area contributed by atoms with Crippen LogP contribution >= 0.6 is 0 Å². The summed E-state index contributed by atoms with van der Waals surface area (Å²) in [5, 5.41) is 11.7. The Morgan fingerprint density at radius 2 is 1.91 bits per heavy atom. The van der Waals surface area contributed by atoms with Crippen LogP contribution in [-0.4, -0.2) is 46.5 Å². The van der Waals surface area contributed by atoms with Gasteiger partial charge in [-0.2, -0.15) is 0 Å². The first kappa shape index (κ1) is 19.4. The number of carbonyl (C=O) groups is 4. The van der Waals surface area contributed by atoms with Gasteiger partial charge in [0.15, 0.2) is 0 Å². The van der Waals surface area contributed by atoms with Crippen molar-refractivity contribution in [1.29, 1.82) is 0 Å². The molecule has 0 radical (unpaired) electrons. The predicted octanol–water partition coefficient (Wildman–Crippen LogP) is -0.410. The van der Waals surface area contributed by atoms with Gasteiger partial charge in [-0.25, -0.2) is 9.80 Å². The van der Waals surface area contributed by atoms with Gasteiger partial charge in [0.2, 0.25) is 5.91 Å². The molecule has 0 aromatic heterocycles. The Morgan fingerprint density at radius 1 is 1.32 bits per heavy atom. The fraction of sp³-hybridized carbons (Fsp3) is 0.538. The minimum Gasteiger partial charge on any atom is -0.465 e. The van der Waals surface area contributed by atoms with Crippen LogP contribution < -0.4 is 16.5 Å². The summed E-state index contributed by atoms with van der Waals surface area (Å²) in [7, 11) is 0. The zero-order valence-corrected chi connectivity index (χ0v) is 12.7. The number of nitrogens with zero attached hydrogens (tertiary/aromatic N) is 1. The van der Waals surface area contributed by atoms with Gasteiger partial charge < -0.3 is 16.2 Å². The Balaban J connectivity index is 4.92. The van der Waals surface area contributed by atoms with E-state index in [1.54, 1.807) is 0 Å². The Bertz CT molecular complexity index is 450. The van der Waals surface area contributed by atoms with Gasteiger partial charge in [0, 0.05) is 6.42 Å². The molecule has 22 heavy (non-hydrogen) atoms. The van der Waals surface area contributed by atoms with E-state index in [-0.39, 0.29) is 25.3 Å². The van der Waals surface area contributed by atoms with Gasteiger partial charge in [-0.3, -0.25) is 19.8 Å². The number of hydrazine groups is 1. The summed E-state index contributed by atoms with van der Waals surface area (Å²) in [5.74, 6) is -1.92. The van der Waals surface area contributed by atoms with Crippen molar-refractivity contribution in [2.75, 3.05) is 6.54 Å². The molecule has 0 saturated heterocycles. The molecule has 0 aliphatic rings. The fourth-order valence-corrected chi connectivity index (χ4v) is 1.62. The van der Waals surface area contributed by atoms with Crippen LogP contribution in [0.15, 0.2) is 12.7 Å². The number of carboxylic acid groups (broad SMARTS) is 1. The first-order valence-corrected chi connectivity index (χ1v) is 6.69. The predicted molar refractivity (Wildman–Crippen MR) is 78.3 cm³/mol. The van der Waals surface area contributed by atoms with E-state index in [0.29, 0.717) is 0 Å². The lowest BCUT2D eigenvalue weighted by molar-refractivity contribution is -0.139. The lowest BCUT2D eigenvalue weighted by atomic mass is 10.0. The highest BCUT2D eigenvalue weighted by Crippen LogP contribution is 2.05. The summed E-state index contributed by atoms with van der Waals surface area (Å²) in [6, 6.07) is -1.02. The average Bonchev–Trinajstić information content (AvgIpc) is 2.40. The lowest BCUT2D eigenvalue weighted by Gasteiger charge is -2.25. The van der Waals surface area contributed by atoms with E-state index in [1.165, 1.54) is 0 Å². The van der Waals surface area contributed by atoms with Gasteiger partial charge in [-0.1, -0.05) is 20.4 Å². The molecule has 1 atom stereocenters. The second kappa shape index (κ2) is 9.37. The van der Waals surface area contributed by atoms with Gasteiger partial charge in [0.25, 0.3) is 11.8 Å². The van der Waals surface area contributed by atoms with Crippen molar-refractivity contribution < 1.29 is 24.3 Å². The molecule has 0 aromatic rings. The third kappa shape index (κ3) is 7.88. The van der Waals surface area contributed by atoms with Crippen molar-refractivity contribution in [3.8, 4) is 0 Å². The number of nitrogens with one attached hydrogen (secondary N) is 2. The SMILES string of the molecule is C=CC(=O)N(CCC(N)=O)NC(=O)C(CC(C)C)NC(=O)O. The lowest BCUT2D eigenvalue weighted by Crippen LogP contribution is -2.54. The highest BCUT2D eigenvalue weighted by atomic mass is 16.4. The molecule has 1 unspecified atom stereocenters. The maximum atomic E-state index is 12.1. The zero-order chi connectivity index (χ0) is 17.3. The second-order valence-electron chi connectivity index (χ2n) is 5.02. The normalized spacial score (nSPS) is 11.4. The topological polar surface area (TPSA) is 142 Å². The van der Waals surface area contributed by atoms with E-state index >= 15 is 0 Å². The van der Waals surface area contributed by atoms with Gasteiger partial charge in [-0.05, 0) is 18.4 Å². The Kier molecular flexibility index (Phi) is 8.27. The van der Waals surface area contributed by atoms with Crippen molar-refractivity contribution in [2.45, 2.75) is 32.7 Å². The van der Waals surface area contributed by atoms with Crippen LogP contribution in [-0.2, 0) is 14.4 Å². The van der Waals surface area contributed by atoms with Gasteiger partial charge in [-0.15, -0.1) is 0 Å². The van der Waals surface area contributed by atoms with Crippen LogP contribution in [0, 0.1) is 5.92 Å². The third-order valence-corrected chi connectivity index (χ3v) is 2.59. The molecule has 0 rings (SSSR count). The molecular weight excluding hydrogens is 292 g/mol. The molecule has 0 bridgehead atoms. The molecule has 0 aromatic carbocycles. The summed E-state index contributed by atoms with van der Waals surface area (Å²) in [6.07, 6.45) is -0.284. The van der Waals surface area contributed by atoms with Crippen LogP contribution in [0.3, 0.4) is 0 Å². The van der Waals surface area contributed by atoms with Gasteiger partial charge >= 0.3 is 6.09 Å². The highest BCUT2D eigenvalue weighted by molar-refractivity contribution is 5.91. The number of primary amides is 1. The van der Waals surface area contributed by atoms with E-state index < -0.39 is 29.9 Å². The maximum Gasteiger partial charge on any atom is 0.405 e. The van der Waals surface area contributed by atoms with E-state index in [9.17, 15) is 19.2 Å². The monoisotopic (exact) mass is 314 g/mol. The Morgan fingerprint density at radius 3 is 2.32 bits per heavy atom. The summed E-state index contributed by atoms with van der Waals surface area (Å²) in [4.78, 5) is 45.3. The van der Waals surface area contributed by atoms with E-state index in [4.69, 9.17) is 10.8 Å². The number of carbonyl (C=O) groups excluding carboxylic acids is 3. The minimum absolute atomic E-state index is 0.0526. The summed E-state index contributed by atoms with van der Waals surface area (Å²) < 4.78 is 0. The van der Waals surface area contributed by atoms with E-state index in [0.717, 1.165) is 11.1 Å². The van der Waals surface area contributed by atoms with Crippen LogP contribution in [0.5, 0.6) is 0 Å². The fourth-order valence-electron chi connectivity index (χ4n) is 1.62. The largest absolute Gasteiger partial charge is 0.465 e. The number of hydrogen-bond acceptors (Lipinski definition) is 4. The van der Waals surface area contributed by atoms with E-state index in [1.807, 2.05) is 13.8 Å². The van der Waals surface area contributed by atoms with Crippen molar-refractivity contribution in [1.82, 2.24) is 15.8 Å². The van der Waals surface area contributed by atoms with Crippen LogP contribution in [0.2, 0.25) is 0 Å². The number of hydrogen-bond donors (Lipinski definition) is 4. The Hall–Kier alpha value is -2.58. The maximum absolute atomic E-state index is 12.1. The molecule has 0 saturated carbocycles. The van der Waals surface area contributed by atoms with Crippen molar-refractivity contribution >= 4 is 23.8 Å². The smallest absolute Gasteiger partial charge is 0.405 e. The molecule has 9 nitrogen and oxygen atoms in total. The number of nitrogens with two attached hydrogens (primary N) is 1. The molecule has 4 amide bonds. The van der Waals surface area contributed by atoms with Crippen LogP contribution in [0.25, 0.3) is 0 Å². The first-order valence-electron chi connectivity index (χ1n) is 6.69. The summed E-state index contributed by atoms with van der Waals surface area (Å²) >= 11 is 0. The van der Waals surface area contributed by atoms with E-state index in [2.05, 4.69) is 17.3 Å². The summed E-state index contributed by atoms with van der Waals surface area (Å²) in [6.45, 7) is 6.80. The molecule has 9 heteroatoms. The van der Waals surface area contributed by atoms with Crippen molar-refractivity contribution in [3.63, 3.8) is 0 Å². The molecule has 0 spiro atoms. The number of rotatable bonds is 8. The molecule has 0 aliphatic heterocycles. The first-order chi connectivity index (χ1) is 10.2. The molecule has 0 fully saturated rings. The Labute approximate surface area is 128 Å². The van der Waals surface area contributed by atoms with Crippen LogP contribution in [0.4, 0.5) is 4.79 Å². The van der Waals surface area contributed by atoms with Gasteiger partial charge in [0.05, 0.1) is 6.54 Å². The molecule has 0 aliphatic carbocycles. The second-order valence-corrected chi connectivity index (χ2v) is 5.02. The number of amides is 4. The van der Waals surface area contributed by atoms with Crippen molar-refractivity contribution in [3.05, 3.63) is 12.7 Å². The molecule has 0 heterocycles. The molecular formula is C13H22N4O5. The molecule has 124 valence electrons. The quantitative estimate of drug-likeness (QED) is 0.356. The van der Waals surface area contributed by atoms with Crippen molar-refractivity contribution in [2.24, 2.45) is 11.7 Å². The average molecular weight is 314 g/mol. The highest BCUT2D eigenvalue weighted by Gasteiger charge is 2.24. The van der Waals surface area contributed by atoms with Crippen LogP contribution in [0.1, 0.15) is 26.7 Å². The zero-order valence-electron chi connectivity index (χ0n) is 12.7.